The highest BCUT2D eigenvalue weighted by molar-refractivity contribution is 7.80. The molecule has 1 aromatic rings. The Morgan fingerprint density at radius 2 is 1.83 bits per heavy atom. The number of benzene rings is 1. The number of carbonyl (C=O) groups is 2. The van der Waals surface area contributed by atoms with Gasteiger partial charge in [-0.15, -0.1) is 12.6 Å². The third-order valence-electron chi connectivity index (χ3n) is 3.63. The molecule has 2 rings (SSSR count). The molecular weight excluding hydrogens is 326 g/mol. The second kappa shape index (κ2) is 7.79. The van der Waals surface area contributed by atoms with Crippen molar-refractivity contribution in [2.24, 2.45) is 0 Å². The number of urea groups is 1. The average Bonchev–Trinajstić information content (AvgIpc) is 2.48. The van der Waals surface area contributed by atoms with Gasteiger partial charge in [-0.2, -0.15) is 0 Å². The van der Waals surface area contributed by atoms with Crippen LogP contribution in [0.1, 0.15) is 33.6 Å². The van der Waals surface area contributed by atoms with E-state index in [-0.39, 0.29) is 18.2 Å². The minimum atomic E-state index is -0.494. The van der Waals surface area contributed by atoms with Crippen molar-refractivity contribution < 1.29 is 14.3 Å². The molecule has 1 heterocycles. The quantitative estimate of drug-likeness (QED) is 0.714. The molecule has 0 saturated carbocycles. The van der Waals surface area contributed by atoms with Crippen LogP contribution in [0.4, 0.5) is 15.3 Å². The minimum absolute atomic E-state index is 0.0377. The molecule has 0 bridgehead atoms. The summed E-state index contributed by atoms with van der Waals surface area (Å²) in [6.45, 7) is 6.69. The lowest BCUT2D eigenvalue weighted by molar-refractivity contribution is 0.0202. The second-order valence-electron chi connectivity index (χ2n) is 6.86. The summed E-state index contributed by atoms with van der Waals surface area (Å²) >= 11 is 4.31. The fraction of sp³-hybridized carbons (Fsp3) is 0.529. The molecule has 132 valence electrons. The van der Waals surface area contributed by atoms with Crippen molar-refractivity contribution in [1.82, 2.24) is 10.2 Å². The molecule has 6 nitrogen and oxygen atoms in total. The van der Waals surface area contributed by atoms with Gasteiger partial charge in [0, 0.05) is 24.0 Å². The molecule has 1 aliphatic rings. The van der Waals surface area contributed by atoms with E-state index in [4.69, 9.17) is 4.74 Å². The number of anilines is 1. The monoisotopic (exact) mass is 351 g/mol. The zero-order chi connectivity index (χ0) is 17.7. The first-order valence-corrected chi connectivity index (χ1v) is 8.53. The highest BCUT2D eigenvalue weighted by atomic mass is 32.1. The Morgan fingerprint density at radius 1 is 1.21 bits per heavy atom. The molecule has 0 aliphatic carbocycles. The van der Waals surface area contributed by atoms with Gasteiger partial charge in [0.05, 0.1) is 5.69 Å². The minimum Gasteiger partial charge on any atom is -0.444 e. The van der Waals surface area contributed by atoms with Gasteiger partial charge in [-0.1, -0.05) is 12.1 Å². The molecule has 1 saturated heterocycles. The Bertz CT molecular complexity index is 593. The van der Waals surface area contributed by atoms with E-state index < -0.39 is 5.60 Å². The summed E-state index contributed by atoms with van der Waals surface area (Å²) in [6.07, 6.45) is 1.11. The number of nitrogens with zero attached hydrogens (tertiary/aromatic N) is 1. The van der Waals surface area contributed by atoms with E-state index in [9.17, 15) is 9.59 Å². The third kappa shape index (κ3) is 5.63. The van der Waals surface area contributed by atoms with E-state index in [1.165, 1.54) is 0 Å². The van der Waals surface area contributed by atoms with Crippen molar-refractivity contribution in [1.29, 1.82) is 0 Å². The van der Waals surface area contributed by atoms with Gasteiger partial charge in [0.1, 0.15) is 5.60 Å². The van der Waals surface area contributed by atoms with Gasteiger partial charge in [-0.25, -0.2) is 9.59 Å². The fourth-order valence-electron chi connectivity index (χ4n) is 2.46. The summed E-state index contributed by atoms with van der Waals surface area (Å²) in [7, 11) is 0. The highest BCUT2D eigenvalue weighted by Crippen LogP contribution is 2.19. The number of amides is 3. The summed E-state index contributed by atoms with van der Waals surface area (Å²) in [6, 6.07) is 7.10. The zero-order valence-electron chi connectivity index (χ0n) is 14.3. The number of likely N-dealkylation sites (tertiary alicyclic amines) is 1. The van der Waals surface area contributed by atoms with Gasteiger partial charge < -0.3 is 20.3 Å². The predicted octanol–water partition coefficient (Wildman–Crippen LogP) is 3.50. The maximum atomic E-state index is 12.1. The number of carbonyl (C=O) groups excluding carboxylic acids is 2. The summed E-state index contributed by atoms with van der Waals surface area (Å²) in [5.41, 5.74) is 0.177. The number of hydrogen-bond donors (Lipinski definition) is 3. The van der Waals surface area contributed by atoms with Gasteiger partial charge in [-0.05, 0) is 45.7 Å². The summed E-state index contributed by atoms with van der Waals surface area (Å²) in [4.78, 5) is 26.5. The largest absolute Gasteiger partial charge is 0.444 e. The number of hydrogen-bond acceptors (Lipinski definition) is 4. The van der Waals surface area contributed by atoms with Crippen LogP contribution in [0.3, 0.4) is 0 Å². The van der Waals surface area contributed by atoms with Gasteiger partial charge in [0.2, 0.25) is 0 Å². The highest BCUT2D eigenvalue weighted by Gasteiger charge is 2.27. The van der Waals surface area contributed by atoms with Gasteiger partial charge in [0.25, 0.3) is 0 Å². The predicted molar refractivity (Wildman–Crippen MR) is 96.7 cm³/mol. The van der Waals surface area contributed by atoms with E-state index in [2.05, 4.69) is 23.3 Å². The number of para-hydroxylation sites is 1. The summed E-state index contributed by atoms with van der Waals surface area (Å²) in [5, 5.41) is 5.73. The second-order valence-corrected chi connectivity index (χ2v) is 7.34. The SMILES string of the molecule is CC(C)(C)OC(=O)N1CCC(NC(=O)Nc2ccccc2S)CC1. The number of piperidine rings is 1. The van der Waals surface area contributed by atoms with E-state index >= 15 is 0 Å². The zero-order valence-corrected chi connectivity index (χ0v) is 15.2. The first-order chi connectivity index (χ1) is 11.2. The Hall–Kier alpha value is -1.89. The maximum Gasteiger partial charge on any atom is 0.410 e. The topological polar surface area (TPSA) is 70.7 Å². The Kier molecular flexibility index (Phi) is 5.99. The molecule has 0 spiro atoms. The molecular formula is C17H25N3O3S. The number of rotatable bonds is 2. The van der Waals surface area contributed by atoms with Crippen LogP contribution in [0.2, 0.25) is 0 Å². The van der Waals surface area contributed by atoms with E-state index in [1.807, 2.05) is 39.0 Å². The maximum absolute atomic E-state index is 12.1. The van der Waals surface area contributed by atoms with Crippen molar-refractivity contribution in [3.8, 4) is 0 Å². The fourth-order valence-corrected chi connectivity index (χ4v) is 2.67. The van der Waals surface area contributed by atoms with Crippen LogP contribution >= 0.6 is 12.6 Å². The average molecular weight is 351 g/mol. The van der Waals surface area contributed by atoms with Crippen molar-refractivity contribution in [3.63, 3.8) is 0 Å². The molecule has 0 radical (unpaired) electrons. The van der Waals surface area contributed by atoms with E-state index in [1.54, 1.807) is 11.0 Å². The van der Waals surface area contributed by atoms with Crippen LogP contribution in [0.5, 0.6) is 0 Å². The Labute approximate surface area is 148 Å². The molecule has 0 unspecified atom stereocenters. The van der Waals surface area contributed by atoms with Crippen LogP contribution in [-0.4, -0.2) is 41.8 Å². The van der Waals surface area contributed by atoms with Crippen molar-refractivity contribution in [2.75, 3.05) is 18.4 Å². The molecule has 3 amide bonds. The molecule has 2 N–H and O–H groups in total. The molecule has 1 aliphatic heterocycles. The lowest BCUT2D eigenvalue weighted by Crippen LogP contribution is -2.48. The van der Waals surface area contributed by atoms with Gasteiger partial charge in [-0.3, -0.25) is 0 Å². The van der Waals surface area contributed by atoms with Gasteiger partial charge in [0.15, 0.2) is 0 Å². The summed E-state index contributed by atoms with van der Waals surface area (Å²) < 4.78 is 5.36. The first-order valence-electron chi connectivity index (χ1n) is 8.08. The van der Waals surface area contributed by atoms with E-state index in [0.29, 0.717) is 36.5 Å². The van der Waals surface area contributed by atoms with E-state index in [0.717, 1.165) is 0 Å². The molecule has 0 aromatic heterocycles. The normalized spacial score (nSPS) is 15.8. The van der Waals surface area contributed by atoms with Crippen LogP contribution < -0.4 is 10.6 Å². The molecule has 1 fully saturated rings. The molecule has 24 heavy (non-hydrogen) atoms. The van der Waals surface area contributed by atoms with Crippen LogP contribution in [0.15, 0.2) is 29.2 Å². The third-order valence-corrected chi connectivity index (χ3v) is 4.02. The van der Waals surface area contributed by atoms with Crippen LogP contribution in [0.25, 0.3) is 0 Å². The Morgan fingerprint density at radius 3 is 2.42 bits per heavy atom. The lowest BCUT2D eigenvalue weighted by atomic mass is 10.1. The lowest BCUT2D eigenvalue weighted by Gasteiger charge is -2.33. The van der Waals surface area contributed by atoms with Crippen LogP contribution in [0, 0.1) is 0 Å². The molecule has 7 heteroatoms. The van der Waals surface area contributed by atoms with Gasteiger partial charge >= 0.3 is 12.1 Å². The first kappa shape index (κ1) is 18.4. The number of ether oxygens (including phenoxy) is 1. The smallest absolute Gasteiger partial charge is 0.410 e. The standard InChI is InChI=1S/C17H25N3O3S/c1-17(2,3)23-16(22)20-10-8-12(9-11-20)18-15(21)19-13-6-4-5-7-14(13)24/h4-7,12,24H,8-11H2,1-3H3,(H2,18,19,21). The van der Waals surface area contributed by atoms with Crippen molar-refractivity contribution >= 4 is 30.4 Å². The summed E-state index contributed by atoms with van der Waals surface area (Å²) in [5.74, 6) is 0. The molecule has 0 atom stereocenters. The van der Waals surface area contributed by atoms with Crippen LogP contribution in [-0.2, 0) is 4.74 Å². The van der Waals surface area contributed by atoms with Crippen molar-refractivity contribution in [3.05, 3.63) is 24.3 Å². The van der Waals surface area contributed by atoms with Crippen molar-refractivity contribution in [2.45, 2.75) is 50.2 Å². The number of thiol groups is 1. The Balaban J connectivity index is 1.77. The number of nitrogens with one attached hydrogen (secondary N) is 2. The molecule has 1 aromatic carbocycles.